The Kier molecular flexibility index (Phi) is 6.29. The van der Waals surface area contributed by atoms with Crippen molar-refractivity contribution in [2.24, 2.45) is 5.92 Å². The van der Waals surface area contributed by atoms with Gasteiger partial charge in [0.05, 0.1) is 5.39 Å². The van der Waals surface area contributed by atoms with E-state index in [-0.39, 0.29) is 11.6 Å². The third-order valence-corrected chi connectivity index (χ3v) is 7.58. The molecular formula is C26H29N5O3S. The van der Waals surface area contributed by atoms with Crippen molar-refractivity contribution >= 4 is 39.2 Å². The largest absolute Gasteiger partial charge is 0.492 e. The minimum absolute atomic E-state index is 0.249. The molecule has 1 aliphatic carbocycles. The molecule has 0 saturated heterocycles. The van der Waals surface area contributed by atoms with Crippen molar-refractivity contribution < 1.29 is 14.3 Å². The van der Waals surface area contributed by atoms with Crippen LogP contribution in [-0.2, 0) is 16.0 Å². The lowest BCUT2D eigenvalue weighted by atomic mass is 10.1. The van der Waals surface area contributed by atoms with Crippen molar-refractivity contribution in [1.29, 1.82) is 0 Å². The highest BCUT2D eigenvalue weighted by molar-refractivity contribution is 7.22. The number of anilines is 1. The smallest absolute Gasteiger partial charge is 0.275 e. The van der Waals surface area contributed by atoms with E-state index in [1.807, 2.05) is 33.2 Å². The summed E-state index contributed by atoms with van der Waals surface area (Å²) in [6.07, 6.45) is 3.21. The fourth-order valence-electron chi connectivity index (χ4n) is 4.08. The third-order valence-electron chi connectivity index (χ3n) is 6.34. The maximum atomic E-state index is 12.4. The van der Waals surface area contributed by atoms with E-state index in [0.29, 0.717) is 23.9 Å². The molecule has 1 fully saturated rings. The van der Waals surface area contributed by atoms with E-state index in [4.69, 9.17) is 14.7 Å². The summed E-state index contributed by atoms with van der Waals surface area (Å²) in [5, 5.41) is 6.39. The molecule has 3 heterocycles. The summed E-state index contributed by atoms with van der Waals surface area (Å²) in [4.78, 5) is 38.1. The van der Waals surface area contributed by atoms with Gasteiger partial charge in [-0.2, -0.15) is 0 Å². The predicted molar refractivity (Wildman–Crippen MR) is 138 cm³/mol. The number of aryl methyl sites for hydroxylation is 1. The first kappa shape index (κ1) is 23.4. The number of rotatable bonds is 9. The van der Waals surface area contributed by atoms with E-state index in [2.05, 4.69) is 27.7 Å². The Bertz CT molecular complexity index is 1340. The molecule has 0 spiro atoms. The quantitative estimate of drug-likeness (QED) is 0.438. The molecule has 2 N–H and O–H groups in total. The molecule has 35 heavy (non-hydrogen) atoms. The zero-order valence-corrected chi connectivity index (χ0v) is 21.2. The molecule has 2 aliphatic rings. The van der Waals surface area contributed by atoms with Crippen LogP contribution in [0.4, 0.5) is 5.82 Å². The van der Waals surface area contributed by atoms with Crippen molar-refractivity contribution in [2.75, 3.05) is 32.6 Å². The number of aromatic nitrogens is 2. The van der Waals surface area contributed by atoms with E-state index in [9.17, 15) is 9.59 Å². The third kappa shape index (κ3) is 4.92. The minimum atomic E-state index is -0.430. The Labute approximate surface area is 208 Å². The molecule has 8 nitrogen and oxygen atoms in total. The van der Waals surface area contributed by atoms with E-state index in [0.717, 1.165) is 50.8 Å². The number of hydrogen-bond donors (Lipinski definition) is 2. The van der Waals surface area contributed by atoms with Gasteiger partial charge in [0.15, 0.2) is 0 Å². The summed E-state index contributed by atoms with van der Waals surface area (Å²) >= 11 is 1.62. The number of carbonyl (C=O) groups excluding carboxylic acids is 2. The van der Waals surface area contributed by atoms with E-state index < -0.39 is 5.91 Å². The molecule has 0 bridgehead atoms. The zero-order chi connectivity index (χ0) is 24.7. The van der Waals surface area contributed by atoms with Crippen LogP contribution < -0.4 is 15.4 Å². The van der Waals surface area contributed by atoms with Crippen molar-refractivity contribution in [3.8, 4) is 16.2 Å². The monoisotopic (exact) mass is 491 g/mol. The summed E-state index contributed by atoms with van der Waals surface area (Å²) in [5.41, 5.74) is 2.72. The van der Waals surface area contributed by atoms with Crippen LogP contribution in [0.25, 0.3) is 20.7 Å². The van der Waals surface area contributed by atoms with Gasteiger partial charge in [0, 0.05) is 23.4 Å². The number of nitrogens with one attached hydrogen (secondary N) is 2. The lowest BCUT2D eigenvalue weighted by Gasteiger charge is -2.11. The van der Waals surface area contributed by atoms with Crippen LogP contribution in [0.5, 0.6) is 5.75 Å². The molecule has 9 heteroatoms. The second kappa shape index (κ2) is 9.39. The number of benzene rings is 1. The average molecular weight is 492 g/mol. The van der Waals surface area contributed by atoms with Gasteiger partial charge in [-0.15, -0.1) is 11.3 Å². The maximum absolute atomic E-state index is 12.4. The molecule has 2 aromatic heterocycles. The van der Waals surface area contributed by atoms with Crippen LogP contribution in [0.3, 0.4) is 0 Å². The molecule has 0 radical (unpaired) electrons. The maximum Gasteiger partial charge on any atom is 0.275 e. The summed E-state index contributed by atoms with van der Waals surface area (Å²) in [7, 11) is 4.04. The topological polar surface area (TPSA) is 96.5 Å². The molecule has 1 aliphatic heterocycles. The van der Waals surface area contributed by atoms with Crippen molar-refractivity contribution in [3.05, 3.63) is 46.9 Å². The summed E-state index contributed by atoms with van der Waals surface area (Å²) < 4.78 is 5.84. The van der Waals surface area contributed by atoms with Gasteiger partial charge in [0.25, 0.3) is 11.8 Å². The highest BCUT2D eigenvalue weighted by Crippen LogP contribution is 2.41. The SMILES string of the molecule is CC1=C(Nc2nc(CC3CC3)nc3sc(-c4ccc(OCCN(C)C)cc4)c(C)c23)C(=O)NC1=O. The van der Waals surface area contributed by atoms with E-state index in [1.54, 1.807) is 18.3 Å². The fraction of sp³-hybridized carbons (Fsp3) is 0.385. The Morgan fingerprint density at radius 3 is 2.49 bits per heavy atom. The van der Waals surface area contributed by atoms with Crippen molar-refractivity contribution in [2.45, 2.75) is 33.1 Å². The van der Waals surface area contributed by atoms with Gasteiger partial charge in [-0.1, -0.05) is 0 Å². The number of thiophene rings is 1. The second-order valence-electron chi connectivity index (χ2n) is 9.46. The first-order valence-electron chi connectivity index (χ1n) is 11.8. The molecule has 0 unspecified atom stereocenters. The van der Waals surface area contributed by atoms with Crippen LogP contribution in [0.15, 0.2) is 35.5 Å². The standard InChI is InChI=1S/C26H29N5O3S/c1-14-20-23(29-21-15(2)24(32)30-25(21)33)27-19(13-16-5-6-16)28-26(20)35-22(14)17-7-9-18(10-8-17)34-12-11-31(3)4/h7-10,16H,5-6,11-13H2,1-4H3,(H2,27,28,29,30,32,33). The lowest BCUT2D eigenvalue weighted by Crippen LogP contribution is -2.24. The van der Waals surface area contributed by atoms with Crippen molar-refractivity contribution in [3.63, 3.8) is 0 Å². The van der Waals surface area contributed by atoms with Crippen LogP contribution in [-0.4, -0.2) is 53.9 Å². The number of likely N-dealkylation sites (N-methyl/N-ethyl adjacent to an activating group) is 1. The molecule has 1 saturated carbocycles. The summed E-state index contributed by atoms with van der Waals surface area (Å²) in [6, 6.07) is 8.09. The average Bonchev–Trinajstić information content (AvgIpc) is 3.52. The Morgan fingerprint density at radius 2 is 1.86 bits per heavy atom. The number of nitrogens with zero attached hydrogens (tertiary/aromatic N) is 3. The van der Waals surface area contributed by atoms with Gasteiger partial charge in [-0.05, 0) is 82.1 Å². The molecule has 3 aromatic rings. The van der Waals surface area contributed by atoms with Crippen LogP contribution >= 0.6 is 11.3 Å². The van der Waals surface area contributed by atoms with E-state index in [1.165, 1.54) is 12.8 Å². The number of imide groups is 1. The number of fused-ring (bicyclic) bond motifs is 1. The van der Waals surface area contributed by atoms with Gasteiger partial charge in [-0.25, -0.2) is 9.97 Å². The summed E-state index contributed by atoms with van der Waals surface area (Å²) in [5.74, 6) is 2.00. The predicted octanol–water partition coefficient (Wildman–Crippen LogP) is 3.90. The Balaban J connectivity index is 1.51. The fourth-order valence-corrected chi connectivity index (χ4v) is 5.29. The van der Waals surface area contributed by atoms with Crippen LogP contribution in [0.2, 0.25) is 0 Å². The second-order valence-corrected chi connectivity index (χ2v) is 10.5. The summed E-state index contributed by atoms with van der Waals surface area (Å²) in [6.45, 7) is 5.17. The number of hydrogen-bond acceptors (Lipinski definition) is 8. The van der Waals surface area contributed by atoms with Crippen molar-refractivity contribution in [1.82, 2.24) is 20.2 Å². The van der Waals surface area contributed by atoms with Gasteiger partial charge < -0.3 is 15.0 Å². The van der Waals surface area contributed by atoms with Gasteiger partial charge in [-0.3, -0.25) is 14.9 Å². The molecule has 5 rings (SSSR count). The molecule has 0 atom stereocenters. The van der Waals surface area contributed by atoms with Gasteiger partial charge >= 0.3 is 0 Å². The lowest BCUT2D eigenvalue weighted by molar-refractivity contribution is -0.124. The minimum Gasteiger partial charge on any atom is -0.492 e. The van der Waals surface area contributed by atoms with Gasteiger partial charge in [0.2, 0.25) is 0 Å². The molecular weight excluding hydrogens is 462 g/mol. The Morgan fingerprint density at radius 1 is 1.11 bits per heavy atom. The van der Waals surface area contributed by atoms with Crippen LogP contribution in [0.1, 0.15) is 31.2 Å². The number of ether oxygens (including phenoxy) is 1. The molecule has 2 amide bonds. The van der Waals surface area contributed by atoms with Crippen LogP contribution in [0, 0.1) is 12.8 Å². The first-order valence-corrected chi connectivity index (χ1v) is 12.6. The van der Waals surface area contributed by atoms with Gasteiger partial charge in [0.1, 0.15) is 34.5 Å². The Hall–Kier alpha value is -3.30. The number of amides is 2. The first-order chi connectivity index (χ1) is 16.8. The molecule has 182 valence electrons. The number of carbonyl (C=O) groups is 2. The normalized spacial score (nSPS) is 15.9. The zero-order valence-electron chi connectivity index (χ0n) is 20.4. The van der Waals surface area contributed by atoms with E-state index >= 15 is 0 Å². The highest BCUT2D eigenvalue weighted by atomic mass is 32.1. The molecule has 1 aromatic carbocycles. The highest BCUT2D eigenvalue weighted by Gasteiger charge is 2.30.